The van der Waals surface area contributed by atoms with Crippen LogP contribution in [-0.4, -0.2) is 57.2 Å². The van der Waals surface area contributed by atoms with E-state index in [1.165, 1.54) is 6.42 Å². The average molecular weight is 227 g/mol. The molecule has 2 unspecified atom stereocenters. The topological polar surface area (TPSA) is 38.8 Å². The Bertz CT molecular complexity index is 244. The standard InChI is InChI=1S/C12H21NO3/c1-15-8-10-2-4-13(6-10)7-11-9-16-5-3-12(11)14/h10-11H,2-9H2,1H3. The number of hydrogen-bond acceptors (Lipinski definition) is 4. The fourth-order valence-electron chi connectivity index (χ4n) is 2.61. The van der Waals surface area contributed by atoms with Gasteiger partial charge in [0.2, 0.25) is 0 Å². The first-order chi connectivity index (χ1) is 7.79. The molecule has 2 atom stereocenters. The number of rotatable bonds is 4. The highest BCUT2D eigenvalue weighted by atomic mass is 16.5. The normalized spacial score (nSPS) is 32.2. The van der Waals surface area contributed by atoms with Crippen LogP contribution in [0, 0.1) is 11.8 Å². The van der Waals surface area contributed by atoms with Crippen molar-refractivity contribution in [3.8, 4) is 0 Å². The van der Waals surface area contributed by atoms with Gasteiger partial charge in [0.25, 0.3) is 0 Å². The highest BCUT2D eigenvalue weighted by Crippen LogP contribution is 2.19. The summed E-state index contributed by atoms with van der Waals surface area (Å²) in [5.41, 5.74) is 0. The summed E-state index contributed by atoms with van der Waals surface area (Å²) in [5.74, 6) is 1.13. The molecule has 0 amide bonds. The molecule has 92 valence electrons. The SMILES string of the molecule is COCC1CCN(CC2COCCC2=O)C1. The summed E-state index contributed by atoms with van der Waals surface area (Å²) >= 11 is 0. The minimum absolute atomic E-state index is 0.107. The second-order valence-corrected chi connectivity index (χ2v) is 4.86. The van der Waals surface area contributed by atoms with Crippen molar-refractivity contribution >= 4 is 5.78 Å². The number of carbonyl (C=O) groups is 1. The summed E-state index contributed by atoms with van der Waals surface area (Å²) in [6.45, 7) is 5.10. The van der Waals surface area contributed by atoms with Crippen molar-refractivity contribution in [1.29, 1.82) is 0 Å². The Labute approximate surface area is 96.9 Å². The molecule has 16 heavy (non-hydrogen) atoms. The Kier molecular flexibility index (Phi) is 4.32. The second-order valence-electron chi connectivity index (χ2n) is 4.86. The summed E-state index contributed by atoms with van der Waals surface area (Å²) in [4.78, 5) is 14.0. The van der Waals surface area contributed by atoms with E-state index in [2.05, 4.69) is 4.90 Å². The first-order valence-corrected chi connectivity index (χ1v) is 6.11. The van der Waals surface area contributed by atoms with Gasteiger partial charge in [-0.1, -0.05) is 0 Å². The Morgan fingerprint density at radius 2 is 2.44 bits per heavy atom. The number of ketones is 1. The highest BCUT2D eigenvalue weighted by Gasteiger charge is 2.29. The average Bonchev–Trinajstić information content (AvgIpc) is 2.70. The van der Waals surface area contributed by atoms with Gasteiger partial charge >= 0.3 is 0 Å². The van der Waals surface area contributed by atoms with Crippen LogP contribution in [0.25, 0.3) is 0 Å². The molecule has 0 aromatic rings. The maximum Gasteiger partial charge on any atom is 0.141 e. The summed E-state index contributed by atoms with van der Waals surface area (Å²) in [6, 6.07) is 0. The van der Waals surface area contributed by atoms with E-state index in [4.69, 9.17) is 9.47 Å². The number of methoxy groups -OCH3 is 1. The first kappa shape index (κ1) is 12.0. The van der Waals surface area contributed by atoms with Gasteiger partial charge in [0.05, 0.1) is 25.7 Å². The van der Waals surface area contributed by atoms with Crippen LogP contribution in [0.3, 0.4) is 0 Å². The highest BCUT2D eigenvalue weighted by molar-refractivity contribution is 5.82. The van der Waals surface area contributed by atoms with Crippen LogP contribution in [0.15, 0.2) is 0 Å². The van der Waals surface area contributed by atoms with Crippen LogP contribution in [-0.2, 0) is 14.3 Å². The molecule has 0 aromatic carbocycles. The third-order valence-electron chi connectivity index (χ3n) is 3.52. The molecule has 2 aliphatic heterocycles. The zero-order valence-corrected chi connectivity index (χ0v) is 9.98. The van der Waals surface area contributed by atoms with Crippen LogP contribution >= 0.6 is 0 Å². The smallest absolute Gasteiger partial charge is 0.141 e. The van der Waals surface area contributed by atoms with Gasteiger partial charge in [-0.25, -0.2) is 0 Å². The first-order valence-electron chi connectivity index (χ1n) is 6.11. The Morgan fingerprint density at radius 3 is 3.19 bits per heavy atom. The molecule has 2 aliphatic rings. The second kappa shape index (κ2) is 5.75. The maximum absolute atomic E-state index is 11.7. The van der Waals surface area contributed by atoms with Crippen molar-refractivity contribution in [3.63, 3.8) is 0 Å². The minimum Gasteiger partial charge on any atom is -0.384 e. The molecular weight excluding hydrogens is 206 g/mol. The number of Topliss-reactive ketones (excluding diaryl/α,β-unsaturated/α-hetero) is 1. The lowest BCUT2D eigenvalue weighted by molar-refractivity contribution is -0.131. The molecule has 0 N–H and O–H groups in total. The maximum atomic E-state index is 11.7. The van der Waals surface area contributed by atoms with Crippen LogP contribution in [0.4, 0.5) is 0 Å². The third kappa shape index (κ3) is 3.03. The van der Waals surface area contributed by atoms with Crippen LogP contribution in [0.1, 0.15) is 12.8 Å². The van der Waals surface area contributed by atoms with Gasteiger partial charge < -0.3 is 14.4 Å². The lowest BCUT2D eigenvalue weighted by atomic mass is 10.0. The van der Waals surface area contributed by atoms with E-state index in [0.29, 0.717) is 31.3 Å². The Hall–Kier alpha value is -0.450. The largest absolute Gasteiger partial charge is 0.384 e. The summed E-state index contributed by atoms with van der Waals surface area (Å²) < 4.78 is 10.5. The van der Waals surface area contributed by atoms with Crippen LogP contribution < -0.4 is 0 Å². The molecule has 0 saturated carbocycles. The van der Waals surface area contributed by atoms with Crippen molar-refractivity contribution in [3.05, 3.63) is 0 Å². The van der Waals surface area contributed by atoms with E-state index < -0.39 is 0 Å². The number of hydrogen-bond donors (Lipinski definition) is 0. The predicted molar refractivity (Wildman–Crippen MR) is 60.4 cm³/mol. The molecule has 2 rings (SSSR count). The fraction of sp³-hybridized carbons (Fsp3) is 0.917. The van der Waals surface area contributed by atoms with Gasteiger partial charge in [0.1, 0.15) is 5.78 Å². The lowest BCUT2D eigenvalue weighted by Crippen LogP contribution is -2.37. The lowest BCUT2D eigenvalue weighted by Gasteiger charge is -2.25. The van der Waals surface area contributed by atoms with E-state index in [9.17, 15) is 4.79 Å². The van der Waals surface area contributed by atoms with Gasteiger partial charge in [0.15, 0.2) is 0 Å². The van der Waals surface area contributed by atoms with Crippen molar-refractivity contribution in [1.82, 2.24) is 4.90 Å². The van der Waals surface area contributed by atoms with Crippen LogP contribution in [0.5, 0.6) is 0 Å². The number of ether oxygens (including phenoxy) is 2. The molecule has 0 spiro atoms. The van der Waals surface area contributed by atoms with Crippen molar-refractivity contribution < 1.29 is 14.3 Å². The molecule has 2 fully saturated rings. The molecule has 4 heteroatoms. The zero-order valence-electron chi connectivity index (χ0n) is 9.98. The van der Waals surface area contributed by atoms with E-state index >= 15 is 0 Å². The van der Waals surface area contributed by atoms with Crippen molar-refractivity contribution in [2.45, 2.75) is 12.8 Å². The molecule has 0 radical (unpaired) electrons. The minimum atomic E-state index is 0.107. The molecular formula is C12H21NO3. The summed E-state index contributed by atoms with van der Waals surface area (Å²) in [7, 11) is 1.75. The van der Waals surface area contributed by atoms with Gasteiger partial charge in [-0.3, -0.25) is 4.79 Å². The van der Waals surface area contributed by atoms with E-state index in [0.717, 1.165) is 26.2 Å². The molecule has 0 bridgehead atoms. The van der Waals surface area contributed by atoms with E-state index in [1.54, 1.807) is 7.11 Å². The Balaban J connectivity index is 1.75. The van der Waals surface area contributed by atoms with E-state index in [-0.39, 0.29) is 5.92 Å². The monoisotopic (exact) mass is 227 g/mol. The number of carbonyl (C=O) groups excluding carboxylic acids is 1. The fourth-order valence-corrected chi connectivity index (χ4v) is 2.61. The van der Waals surface area contributed by atoms with Gasteiger partial charge in [-0.15, -0.1) is 0 Å². The Morgan fingerprint density at radius 1 is 1.56 bits per heavy atom. The van der Waals surface area contributed by atoms with Crippen LogP contribution in [0.2, 0.25) is 0 Å². The molecule has 0 aliphatic carbocycles. The van der Waals surface area contributed by atoms with Crippen molar-refractivity contribution in [2.75, 3.05) is 46.6 Å². The molecule has 0 aromatic heterocycles. The quantitative estimate of drug-likeness (QED) is 0.703. The van der Waals surface area contributed by atoms with Gasteiger partial charge in [-0.2, -0.15) is 0 Å². The van der Waals surface area contributed by atoms with E-state index in [1.807, 2.05) is 0 Å². The predicted octanol–water partition coefficient (Wildman–Crippen LogP) is 0.560. The zero-order chi connectivity index (χ0) is 11.4. The molecule has 4 nitrogen and oxygen atoms in total. The van der Waals surface area contributed by atoms with Gasteiger partial charge in [-0.05, 0) is 18.9 Å². The van der Waals surface area contributed by atoms with Gasteiger partial charge in [0, 0.05) is 26.6 Å². The summed E-state index contributed by atoms with van der Waals surface area (Å²) in [6.07, 6.45) is 1.79. The number of likely N-dealkylation sites (tertiary alicyclic amines) is 1. The third-order valence-corrected chi connectivity index (χ3v) is 3.52. The molecule has 2 heterocycles. The summed E-state index contributed by atoms with van der Waals surface area (Å²) in [5, 5.41) is 0. The molecule has 2 saturated heterocycles. The number of nitrogens with zero attached hydrogens (tertiary/aromatic N) is 1. The van der Waals surface area contributed by atoms with Crippen molar-refractivity contribution in [2.24, 2.45) is 11.8 Å².